The lowest BCUT2D eigenvalue weighted by Crippen LogP contribution is -2.35. The van der Waals surface area contributed by atoms with E-state index in [0.29, 0.717) is 23.7 Å². The normalized spacial score (nSPS) is 14.3. The van der Waals surface area contributed by atoms with Gasteiger partial charge in [0.25, 0.3) is 5.91 Å². The molecule has 1 saturated carbocycles. The Morgan fingerprint density at radius 2 is 2.06 bits per heavy atom. The molecule has 6 heteroatoms. The van der Waals surface area contributed by atoms with Crippen LogP contribution < -0.4 is 16.4 Å². The van der Waals surface area contributed by atoms with Gasteiger partial charge in [0.2, 0.25) is 5.91 Å². The highest BCUT2D eigenvalue weighted by atomic mass is 32.1. The van der Waals surface area contributed by atoms with E-state index in [1.807, 2.05) is 6.92 Å². The van der Waals surface area contributed by atoms with Crippen LogP contribution in [0.5, 0.6) is 0 Å². The van der Waals surface area contributed by atoms with Crippen molar-refractivity contribution in [2.24, 2.45) is 5.92 Å². The molecule has 4 N–H and O–H groups in total. The summed E-state index contributed by atoms with van der Waals surface area (Å²) in [5.41, 5.74) is 6.33. The molecule has 2 amide bonds. The van der Waals surface area contributed by atoms with E-state index >= 15 is 0 Å². The van der Waals surface area contributed by atoms with Gasteiger partial charge in [-0.3, -0.25) is 9.59 Å². The smallest absolute Gasteiger partial charge is 0.261 e. The average Bonchev–Trinajstić information content (AvgIpc) is 3.12. The molecule has 0 unspecified atom stereocenters. The third-order valence-electron chi connectivity index (χ3n) is 2.84. The lowest BCUT2D eigenvalue weighted by molar-refractivity contribution is -0.122. The second kappa shape index (κ2) is 5.39. The van der Waals surface area contributed by atoms with E-state index in [4.69, 9.17) is 5.73 Å². The Kier molecular flexibility index (Phi) is 3.86. The van der Waals surface area contributed by atoms with Crippen LogP contribution in [0, 0.1) is 12.8 Å². The lowest BCUT2D eigenvalue weighted by Gasteiger charge is -2.05. The SMILES string of the molecule is Cc1sc(C(=O)NCCNC(=O)C2CC2)cc1N. The molecule has 0 bridgehead atoms. The fourth-order valence-corrected chi connectivity index (χ4v) is 2.40. The van der Waals surface area contributed by atoms with Gasteiger partial charge in [0.1, 0.15) is 0 Å². The fourth-order valence-electron chi connectivity index (χ4n) is 1.55. The zero-order valence-electron chi connectivity index (χ0n) is 10.3. The first-order valence-electron chi connectivity index (χ1n) is 5.99. The molecule has 98 valence electrons. The van der Waals surface area contributed by atoms with E-state index in [2.05, 4.69) is 10.6 Å². The Labute approximate surface area is 110 Å². The fraction of sp³-hybridized carbons (Fsp3) is 0.500. The standard InChI is InChI=1S/C12H17N3O2S/c1-7-9(13)6-10(18-7)12(17)15-5-4-14-11(16)8-2-3-8/h6,8H,2-5,13H2,1H3,(H,14,16)(H,15,17). The van der Waals surface area contributed by atoms with Gasteiger partial charge < -0.3 is 16.4 Å². The predicted molar refractivity (Wildman–Crippen MR) is 71.5 cm³/mol. The molecule has 0 radical (unpaired) electrons. The number of amides is 2. The number of nitrogens with one attached hydrogen (secondary N) is 2. The molecule has 0 saturated heterocycles. The summed E-state index contributed by atoms with van der Waals surface area (Å²) in [7, 11) is 0. The minimum Gasteiger partial charge on any atom is -0.398 e. The van der Waals surface area contributed by atoms with Gasteiger partial charge in [0.15, 0.2) is 0 Å². The summed E-state index contributed by atoms with van der Waals surface area (Å²) in [5, 5.41) is 5.55. The van der Waals surface area contributed by atoms with Gasteiger partial charge in [-0.25, -0.2) is 0 Å². The number of nitrogen functional groups attached to an aromatic ring is 1. The molecule has 1 fully saturated rings. The van der Waals surface area contributed by atoms with E-state index in [0.717, 1.165) is 17.7 Å². The summed E-state index contributed by atoms with van der Waals surface area (Å²) < 4.78 is 0. The summed E-state index contributed by atoms with van der Waals surface area (Å²) in [4.78, 5) is 24.6. The van der Waals surface area contributed by atoms with E-state index < -0.39 is 0 Å². The summed E-state index contributed by atoms with van der Waals surface area (Å²) in [6.45, 7) is 2.79. The molecule has 0 atom stereocenters. The summed E-state index contributed by atoms with van der Waals surface area (Å²) in [6, 6.07) is 1.68. The number of hydrogen-bond donors (Lipinski definition) is 3. The third kappa shape index (κ3) is 3.22. The number of carbonyl (C=O) groups excluding carboxylic acids is 2. The second-order valence-corrected chi connectivity index (χ2v) is 5.70. The van der Waals surface area contributed by atoms with E-state index in [1.165, 1.54) is 11.3 Å². The molecule has 1 aromatic heterocycles. The van der Waals surface area contributed by atoms with Crippen molar-refractivity contribution in [2.75, 3.05) is 18.8 Å². The van der Waals surface area contributed by atoms with E-state index in [9.17, 15) is 9.59 Å². The maximum Gasteiger partial charge on any atom is 0.261 e. The van der Waals surface area contributed by atoms with Crippen molar-refractivity contribution in [3.63, 3.8) is 0 Å². The Balaban J connectivity index is 1.69. The first kappa shape index (κ1) is 12.9. The minimum atomic E-state index is -0.138. The van der Waals surface area contributed by atoms with Gasteiger partial charge >= 0.3 is 0 Å². The number of aryl methyl sites for hydroxylation is 1. The van der Waals surface area contributed by atoms with Crippen LogP contribution in [0.4, 0.5) is 5.69 Å². The van der Waals surface area contributed by atoms with Crippen LogP contribution in [-0.2, 0) is 4.79 Å². The van der Waals surface area contributed by atoms with Crippen LogP contribution in [0.2, 0.25) is 0 Å². The molecular weight excluding hydrogens is 250 g/mol. The van der Waals surface area contributed by atoms with E-state index in [1.54, 1.807) is 6.07 Å². The number of nitrogens with two attached hydrogens (primary N) is 1. The van der Waals surface area contributed by atoms with Gasteiger partial charge in [0.05, 0.1) is 4.88 Å². The molecule has 5 nitrogen and oxygen atoms in total. The molecular formula is C12H17N3O2S. The zero-order chi connectivity index (χ0) is 13.1. The minimum absolute atomic E-state index is 0.0976. The van der Waals surface area contributed by atoms with Gasteiger partial charge in [-0.15, -0.1) is 11.3 Å². The van der Waals surface area contributed by atoms with Crippen LogP contribution >= 0.6 is 11.3 Å². The highest BCUT2D eigenvalue weighted by Gasteiger charge is 2.28. The van der Waals surface area contributed by atoms with Crippen LogP contribution in [-0.4, -0.2) is 24.9 Å². The molecule has 18 heavy (non-hydrogen) atoms. The molecule has 0 aromatic carbocycles. The van der Waals surface area contributed by atoms with Crippen LogP contribution in [0.3, 0.4) is 0 Å². The zero-order valence-corrected chi connectivity index (χ0v) is 11.1. The topological polar surface area (TPSA) is 84.2 Å². The van der Waals surface area contributed by atoms with Crippen molar-refractivity contribution in [3.05, 3.63) is 15.8 Å². The monoisotopic (exact) mass is 267 g/mol. The predicted octanol–water partition coefficient (Wildman–Crippen LogP) is 0.895. The lowest BCUT2D eigenvalue weighted by atomic mass is 10.3. The summed E-state index contributed by atoms with van der Waals surface area (Å²) in [6.07, 6.45) is 1.98. The van der Waals surface area contributed by atoms with Crippen molar-refractivity contribution >= 4 is 28.8 Å². The Hall–Kier alpha value is -1.56. The Morgan fingerprint density at radius 1 is 1.39 bits per heavy atom. The Bertz CT molecular complexity index is 446. The molecule has 0 aliphatic heterocycles. The largest absolute Gasteiger partial charge is 0.398 e. The molecule has 1 aliphatic carbocycles. The first-order valence-corrected chi connectivity index (χ1v) is 6.81. The number of thiophene rings is 1. The van der Waals surface area contributed by atoms with Crippen molar-refractivity contribution in [2.45, 2.75) is 19.8 Å². The van der Waals surface area contributed by atoms with E-state index in [-0.39, 0.29) is 17.7 Å². The maximum atomic E-state index is 11.7. The van der Waals surface area contributed by atoms with Gasteiger partial charge in [-0.2, -0.15) is 0 Å². The van der Waals surface area contributed by atoms with Gasteiger partial charge in [-0.05, 0) is 25.8 Å². The molecule has 1 aliphatic rings. The summed E-state index contributed by atoms with van der Waals surface area (Å²) in [5.74, 6) is 0.168. The highest BCUT2D eigenvalue weighted by molar-refractivity contribution is 7.14. The molecule has 1 aromatic rings. The van der Waals surface area contributed by atoms with Crippen molar-refractivity contribution in [3.8, 4) is 0 Å². The van der Waals surface area contributed by atoms with Crippen LogP contribution in [0.15, 0.2) is 6.07 Å². The van der Waals surface area contributed by atoms with Crippen LogP contribution in [0.1, 0.15) is 27.4 Å². The van der Waals surface area contributed by atoms with Crippen molar-refractivity contribution in [1.82, 2.24) is 10.6 Å². The maximum absolute atomic E-state index is 11.7. The molecule has 2 rings (SSSR count). The Morgan fingerprint density at radius 3 is 2.61 bits per heavy atom. The molecule has 0 spiro atoms. The number of hydrogen-bond acceptors (Lipinski definition) is 4. The average molecular weight is 267 g/mol. The van der Waals surface area contributed by atoms with Gasteiger partial charge in [0, 0.05) is 29.6 Å². The first-order chi connectivity index (χ1) is 8.58. The summed E-state index contributed by atoms with van der Waals surface area (Å²) >= 11 is 1.38. The van der Waals surface area contributed by atoms with Crippen LogP contribution in [0.25, 0.3) is 0 Å². The highest BCUT2D eigenvalue weighted by Crippen LogP contribution is 2.28. The number of carbonyl (C=O) groups is 2. The third-order valence-corrected chi connectivity index (χ3v) is 3.90. The molecule has 1 heterocycles. The van der Waals surface area contributed by atoms with Crippen molar-refractivity contribution < 1.29 is 9.59 Å². The van der Waals surface area contributed by atoms with Crippen molar-refractivity contribution in [1.29, 1.82) is 0 Å². The number of rotatable bonds is 5. The quantitative estimate of drug-likeness (QED) is 0.693. The second-order valence-electron chi connectivity index (χ2n) is 4.44. The number of anilines is 1. The van der Waals surface area contributed by atoms with Gasteiger partial charge in [-0.1, -0.05) is 0 Å².